The summed E-state index contributed by atoms with van der Waals surface area (Å²) in [6, 6.07) is 3.68. The van der Waals surface area contributed by atoms with Gasteiger partial charge in [-0.25, -0.2) is 4.98 Å². The standard InChI is InChI=1S/C15H21N3O/c1-16-15(19)13-3-2-7-17-14(13)18-8-6-12(10-18)9-11-4-5-11/h2-3,7,11-12H,4-6,8-10H2,1H3,(H,16,19)/t12-/m1/s1. The molecular weight excluding hydrogens is 238 g/mol. The molecule has 4 nitrogen and oxygen atoms in total. The van der Waals surface area contributed by atoms with Crippen molar-refractivity contribution < 1.29 is 4.79 Å². The zero-order valence-electron chi connectivity index (χ0n) is 11.4. The quantitative estimate of drug-likeness (QED) is 0.900. The summed E-state index contributed by atoms with van der Waals surface area (Å²) >= 11 is 0. The van der Waals surface area contributed by atoms with Gasteiger partial charge >= 0.3 is 0 Å². The molecule has 1 aliphatic carbocycles. The van der Waals surface area contributed by atoms with E-state index in [-0.39, 0.29) is 5.91 Å². The summed E-state index contributed by atoms with van der Waals surface area (Å²) in [4.78, 5) is 18.6. The highest BCUT2D eigenvalue weighted by atomic mass is 16.1. The molecule has 1 aliphatic heterocycles. The molecule has 102 valence electrons. The lowest BCUT2D eigenvalue weighted by atomic mass is 10.0. The average Bonchev–Trinajstić information content (AvgIpc) is 3.14. The van der Waals surface area contributed by atoms with Crippen LogP contribution >= 0.6 is 0 Å². The van der Waals surface area contributed by atoms with Crippen molar-refractivity contribution in [2.75, 3.05) is 25.0 Å². The van der Waals surface area contributed by atoms with Gasteiger partial charge in [0.25, 0.3) is 5.91 Å². The van der Waals surface area contributed by atoms with Gasteiger partial charge in [0.1, 0.15) is 5.82 Å². The summed E-state index contributed by atoms with van der Waals surface area (Å²) < 4.78 is 0. The van der Waals surface area contributed by atoms with E-state index in [2.05, 4.69) is 15.2 Å². The van der Waals surface area contributed by atoms with Gasteiger partial charge in [0, 0.05) is 26.3 Å². The maximum Gasteiger partial charge on any atom is 0.254 e. The molecule has 1 saturated carbocycles. The third-order valence-electron chi connectivity index (χ3n) is 4.21. The maximum atomic E-state index is 11.9. The Morgan fingerprint density at radius 3 is 3.00 bits per heavy atom. The van der Waals surface area contributed by atoms with Crippen molar-refractivity contribution in [2.24, 2.45) is 11.8 Å². The Labute approximate surface area is 114 Å². The molecule has 1 amide bonds. The van der Waals surface area contributed by atoms with Crippen molar-refractivity contribution in [1.29, 1.82) is 0 Å². The van der Waals surface area contributed by atoms with E-state index in [0.29, 0.717) is 5.56 Å². The predicted molar refractivity (Wildman–Crippen MR) is 75.3 cm³/mol. The third-order valence-corrected chi connectivity index (χ3v) is 4.21. The number of rotatable bonds is 4. The first-order valence-electron chi connectivity index (χ1n) is 7.20. The van der Waals surface area contributed by atoms with E-state index in [4.69, 9.17) is 0 Å². The van der Waals surface area contributed by atoms with Crippen molar-refractivity contribution >= 4 is 11.7 Å². The van der Waals surface area contributed by atoms with Crippen LogP contribution in [0.25, 0.3) is 0 Å². The zero-order valence-corrected chi connectivity index (χ0v) is 11.4. The summed E-state index contributed by atoms with van der Waals surface area (Å²) in [5.41, 5.74) is 0.692. The molecule has 1 aromatic rings. The maximum absolute atomic E-state index is 11.9. The van der Waals surface area contributed by atoms with Gasteiger partial charge in [-0.05, 0) is 36.8 Å². The smallest absolute Gasteiger partial charge is 0.254 e. The number of nitrogens with zero attached hydrogens (tertiary/aromatic N) is 2. The molecule has 1 aromatic heterocycles. The number of aromatic nitrogens is 1. The second kappa shape index (κ2) is 5.19. The van der Waals surface area contributed by atoms with Crippen LogP contribution < -0.4 is 10.2 Å². The summed E-state index contributed by atoms with van der Waals surface area (Å²) in [6.45, 7) is 2.08. The molecule has 0 spiro atoms. The van der Waals surface area contributed by atoms with Crippen LogP contribution in [-0.2, 0) is 0 Å². The molecule has 1 N–H and O–H groups in total. The molecule has 19 heavy (non-hydrogen) atoms. The molecule has 3 rings (SSSR count). The van der Waals surface area contributed by atoms with Gasteiger partial charge < -0.3 is 10.2 Å². The normalized spacial score (nSPS) is 22.6. The first kappa shape index (κ1) is 12.5. The number of pyridine rings is 1. The molecule has 0 bridgehead atoms. The zero-order chi connectivity index (χ0) is 13.2. The lowest BCUT2D eigenvalue weighted by molar-refractivity contribution is 0.0963. The minimum Gasteiger partial charge on any atom is -0.356 e. The van der Waals surface area contributed by atoms with Crippen LogP contribution in [0.5, 0.6) is 0 Å². The van der Waals surface area contributed by atoms with Gasteiger partial charge in [0.05, 0.1) is 5.56 Å². The fourth-order valence-electron chi connectivity index (χ4n) is 3.00. The molecule has 1 atom stereocenters. The molecule has 2 fully saturated rings. The number of hydrogen-bond acceptors (Lipinski definition) is 3. The van der Waals surface area contributed by atoms with Gasteiger partial charge in [-0.15, -0.1) is 0 Å². The highest BCUT2D eigenvalue weighted by Gasteiger charge is 2.31. The Balaban J connectivity index is 1.73. The van der Waals surface area contributed by atoms with E-state index in [0.717, 1.165) is 30.7 Å². The number of amides is 1. The Bertz CT molecular complexity index is 470. The second-order valence-electron chi connectivity index (χ2n) is 5.73. The number of carbonyl (C=O) groups excluding carboxylic acids is 1. The molecule has 2 aliphatic rings. The van der Waals surface area contributed by atoms with Crippen LogP contribution in [0.2, 0.25) is 0 Å². The summed E-state index contributed by atoms with van der Waals surface area (Å²) in [5, 5.41) is 2.69. The van der Waals surface area contributed by atoms with Gasteiger partial charge in [-0.1, -0.05) is 12.8 Å². The van der Waals surface area contributed by atoms with Gasteiger partial charge in [0.15, 0.2) is 0 Å². The highest BCUT2D eigenvalue weighted by Crippen LogP contribution is 2.38. The summed E-state index contributed by atoms with van der Waals surface area (Å²) in [6.07, 6.45) is 7.21. The monoisotopic (exact) mass is 259 g/mol. The molecule has 0 aromatic carbocycles. The van der Waals surface area contributed by atoms with Crippen molar-refractivity contribution in [1.82, 2.24) is 10.3 Å². The van der Waals surface area contributed by atoms with Crippen LogP contribution in [-0.4, -0.2) is 31.0 Å². The van der Waals surface area contributed by atoms with Crippen LogP contribution in [0.3, 0.4) is 0 Å². The number of hydrogen-bond donors (Lipinski definition) is 1. The Kier molecular flexibility index (Phi) is 3.40. The predicted octanol–water partition coefficient (Wildman–Crippen LogP) is 2.07. The molecule has 4 heteroatoms. The van der Waals surface area contributed by atoms with Crippen molar-refractivity contribution in [3.05, 3.63) is 23.9 Å². The molecular formula is C15H21N3O. The van der Waals surface area contributed by atoms with Crippen molar-refractivity contribution in [3.63, 3.8) is 0 Å². The fraction of sp³-hybridized carbons (Fsp3) is 0.600. The Hall–Kier alpha value is -1.58. The summed E-state index contributed by atoms with van der Waals surface area (Å²) in [7, 11) is 1.67. The minimum absolute atomic E-state index is 0.0475. The minimum atomic E-state index is -0.0475. The van der Waals surface area contributed by atoms with Crippen LogP contribution in [0.4, 0.5) is 5.82 Å². The Morgan fingerprint density at radius 2 is 2.26 bits per heavy atom. The molecule has 1 saturated heterocycles. The van der Waals surface area contributed by atoms with E-state index in [1.54, 1.807) is 13.2 Å². The molecule has 2 heterocycles. The third kappa shape index (κ3) is 2.72. The largest absolute Gasteiger partial charge is 0.356 e. The van der Waals surface area contributed by atoms with Crippen molar-refractivity contribution in [2.45, 2.75) is 25.7 Å². The lowest BCUT2D eigenvalue weighted by Crippen LogP contribution is -2.26. The van der Waals surface area contributed by atoms with E-state index < -0.39 is 0 Å². The van der Waals surface area contributed by atoms with E-state index >= 15 is 0 Å². The first-order valence-corrected chi connectivity index (χ1v) is 7.20. The number of anilines is 1. The lowest BCUT2D eigenvalue weighted by Gasteiger charge is -2.20. The van der Waals surface area contributed by atoms with Gasteiger partial charge in [-0.2, -0.15) is 0 Å². The number of nitrogens with one attached hydrogen (secondary N) is 1. The van der Waals surface area contributed by atoms with Gasteiger partial charge in [-0.3, -0.25) is 4.79 Å². The molecule has 0 unspecified atom stereocenters. The van der Waals surface area contributed by atoms with E-state index in [1.807, 2.05) is 12.1 Å². The fourth-order valence-corrected chi connectivity index (χ4v) is 3.00. The SMILES string of the molecule is CNC(=O)c1cccnc1N1CC[C@H](CC2CC2)C1. The van der Waals surface area contributed by atoms with Crippen LogP contribution in [0.15, 0.2) is 18.3 Å². The first-order chi connectivity index (χ1) is 9.28. The summed E-state index contributed by atoms with van der Waals surface area (Å²) in [5.74, 6) is 2.56. The van der Waals surface area contributed by atoms with Crippen LogP contribution in [0, 0.1) is 11.8 Å². The van der Waals surface area contributed by atoms with Gasteiger partial charge in [0.2, 0.25) is 0 Å². The Morgan fingerprint density at radius 1 is 1.42 bits per heavy atom. The molecule has 0 radical (unpaired) electrons. The number of carbonyl (C=O) groups is 1. The van der Waals surface area contributed by atoms with E-state index in [1.165, 1.54) is 25.7 Å². The topological polar surface area (TPSA) is 45.2 Å². The van der Waals surface area contributed by atoms with Crippen molar-refractivity contribution in [3.8, 4) is 0 Å². The van der Waals surface area contributed by atoms with E-state index in [9.17, 15) is 4.79 Å². The second-order valence-corrected chi connectivity index (χ2v) is 5.73. The van der Waals surface area contributed by atoms with Crippen LogP contribution in [0.1, 0.15) is 36.0 Å². The highest BCUT2D eigenvalue weighted by molar-refractivity contribution is 5.98. The average molecular weight is 259 g/mol.